The third kappa shape index (κ3) is 2.94. The van der Waals surface area contributed by atoms with Crippen LogP contribution in [0.5, 0.6) is 0 Å². The summed E-state index contributed by atoms with van der Waals surface area (Å²) in [7, 11) is 1.91. The Labute approximate surface area is 141 Å². The van der Waals surface area contributed by atoms with Crippen LogP contribution in [-0.4, -0.2) is 26.8 Å². The van der Waals surface area contributed by atoms with Gasteiger partial charge in [0.1, 0.15) is 0 Å². The molecule has 0 radical (unpaired) electrons. The second-order valence-electron chi connectivity index (χ2n) is 6.61. The molecule has 0 aliphatic heterocycles. The summed E-state index contributed by atoms with van der Waals surface area (Å²) in [6.07, 6.45) is 7.88. The first-order valence-electron chi connectivity index (χ1n) is 8.52. The smallest absolute Gasteiger partial charge is 0.223 e. The van der Waals surface area contributed by atoms with Crippen LogP contribution in [0.2, 0.25) is 0 Å². The lowest BCUT2D eigenvalue weighted by atomic mass is 10.2. The van der Waals surface area contributed by atoms with Gasteiger partial charge in [-0.05, 0) is 41.8 Å². The summed E-state index contributed by atoms with van der Waals surface area (Å²) >= 11 is 0. The molecule has 124 valence electrons. The zero-order valence-electron chi connectivity index (χ0n) is 13.9. The topological polar surface area (TPSA) is 51.9 Å². The lowest BCUT2D eigenvalue weighted by molar-refractivity contribution is -0.122. The fourth-order valence-electron chi connectivity index (χ4n) is 3.41. The van der Waals surface area contributed by atoms with Gasteiger partial charge in [-0.25, -0.2) is 0 Å². The maximum absolute atomic E-state index is 12.2. The zero-order chi connectivity index (χ0) is 16.5. The highest BCUT2D eigenvalue weighted by molar-refractivity contribution is 5.82. The molecule has 1 aromatic carbocycles. The Bertz CT molecular complexity index is 863. The monoisotopic (exact) mass is 322 g/mol. The van der Waals surface area contributed by atoms with E-state index in [0.29, 0.717) is 5.92 Å². The Kier molecular flexibility index (Phi) is 3.84. The van der Waals surface area contributed by atoms with Gasteiger partial charge in [0.05, 0.1) is 6.20 Å². The number of nitrogens with one attached hydrogen (secondary N) is 1. The van der Waals surface area contributed by atoms with E-state index in [2.05, 4.69) is 51.5 Å². The quantitative estimate of drug-likeness (QED) is 0.709. The molecule has 4 rings (SSSR count). The van der Waals surface area contributed by atoms with E-state index in [-0.39, 0.29) is 11.8 Å². The van der Waals surface area contributed by atoms with Crippen LogP contribution < -0.4 is 5.32 Å². The van der Waals surface area contributed by atoms with Gasteiger partial charge >= 0.3 is 0 Å². The maximum Gasteiger partial charge on any atom is 0.223 e. The number of benzene rings is 1. The molecule has 1 fully saturated rings. The molecule has 0 saturated heterocycles. The number of rotatable bonds is 6. The molecule has 5 heteroatoms. The zero-order valence-corrected chi connectivity index (χ0v) is 13.9. The summed E-state index contributed by atoms with van der Waals surface area (Å²) in [5, 5.41) is 8.53. The minimum Gasteiger partial charge on any atom is -0.356 e. The Morgan fingerprint density at radius 2 is 2.21 bits per heavy atom. The average molecular weight is 322 g/mol. The molecule has 1 amide bonds. The van der Waals surface area contributed by atoms with Crippen molar-refractivity contribution in [1.29, 1.82) is 0 Å². The van der Waals surface area contributed by atoms with Crippen molar-refractivity contribution in [1.82, 2.24) is 19.7 Å². The van der Waals surface area contributed by atoms with Gasteiger partial charge in [0.2, 0.25) is 5.91 Å². The number of carbonyl (C=O) groups is 1. The molecule has 24 heavy (non-hydrogen) atoms. The molecule has 1 saturated carbocycles. The SMILES string of the molecule is Cn1cc([C@@H]2C[C@@H]2C(=O)NCCCn2ccc3ccccc32)cn1. The van der Waals surface area contributed by atoms with Crippen molar-refractivity contribution in [3.8, 4) is 0 Å². The van der Waals surface area contributed by atoms with Crippen LogP contribution in [0.15, 0.2) is 48.9 Å². The third-order valence-electron chi connectivity index (χ3n) is 4.84. The lowest BCUT2D eigenvalue weighted by Crippen LogP contribution is -2.27. The van der Waals surface area contributed by atoms with Crippen LogP contribution in [-0.2, 0) is 18.4 Å². The summed E-state index contributed by atoms with van der Waals surface area (Å²) in [6.45, 7) is 1.64. The number of fused-ring (bicyclic) bond motifs is 1. The van der Waals surface area contributed by atoms with E-state index in [0.717, 1.165) is 25.9 Å². The largest absolute Gasteiger partial charge is 0.356 e. The van der Waals surface area contributed by atoms with Crippen molar-refractivity contribution in [2.24, 2.45) is 13.0 Å². The first-order chi connectivity index (χ1) is 11.7. The van der Waals surface area contributed by atoms with E-state index in [1.807, 2.05) is 19.4 Å². The van der Waals surface area contributed by atoms with E-state index in [9.17, 15) is 4.79 Å². The van der Waals surface area contributed by atoms with Crippen LogP contribution in [0.4, 0.5) is 0 Å². The number of aryl methyl sites for hydroxylation is 2. The normalized spacial score (nSPS) is 19.5. The Morgan fingerprint density at radius 1 is 1.33 bits per heavy atom. The molecule has 0 unspecified atom stereocenters. The minimum atomic E-state index is 0.126. The second kappa shape index (κ2) is 6.15. The summed E-state index contributed by atoms with van der Waals surface area (Å²) in [4.78, 5) is 12.2. The highest BCUT2D eigenvalue weighted by Gasteiger charge is 2.44. The van der Waals surface area contributed by atoms with Gasteiger partial charge in [-0.3, -0.25) is 9.48 Å². The number of aromatic nitrogens is 3. The number of amides is 1. The Morgan fingerprint density at radius 3 is 3.04 bits per heavy atom. The predicted molar refractivity (Wildman–Crippen MR) is 93.6 cm³/mol. The molecule has 3 aromatic rings. The third-order valence-corrected chi connectivity index (χ3v) is 4.84. The van der Waals surface area contributed by atoms with Gasteiger partial charge in [0.25, 0.3) is 0 Å². The number of hydrogen-bond acceptors (Lipinski definition) is 2. The molecule has 2 atom stereocenters. The van der Waals surface area contributed by atoms with Gasteiger partial charge in [-0.1, -0.05) is 18.2 Å². The minimum absolute atomic E-state index is 0.126. The van der Waals surface area contributed by atoms with E-state index in [1.165, 1.54) is 16.5 Å². The number of carbonyl (C=O) groups excluding carboxylic acids is 1. The molecule has 2 aromatic heterocycles. The molecule has 0 bridgehead atoms. The molecule has 2 heterocycles. The molecule has 1 aliphatic carbocycles. The van der Waals surface area contributed by atoms with Crippen LogP contribution in [0.25, 0.3) is 10.9 Å². The summed E-state index contributed by atoms with van der Waals surface area (Å²) < 4.78 is 4.04. The Balaban J connectivity index is 1.24. The summed E-state index contributed by atoms with van der Waals surface area (Å²) in [6, 6.07) is 10.5. The fraction of sp³-hybridized carbons (Fsp3) is 0.368. The number of nitrogens with zero attached hydrogens (tertiary/aromatic N) is 3. The van der Waals surface area contributed by atoms with Crippen molar-refractivity contribution >= 4 is 16.8 Å². The van der Waals surface area contributed by atoms with Crippen LogP contribution in [0, 0.1) is 5.92 Å². The molecular weight excluding hydrogens is 300 g/mol. The summed E-state index contributed by atoms with van der Waals surface area (Å²) in [5.74, 6) is 0.662. The first kappa shape index (κ1) is 15.0. The van der Waals surface area contributed by atoms with Crippen molar-refractivity contribution < 1.29 is 4.79 Å². The molecule has 1 aliphatic rings. The first-order valence-corrected chi connectivity index (χ1v) is 8.52. The van der Waals surface area contributed by atoms with Crippen molar-refractivity contribution in [3.05, 3.63) is 54.5 Å². The summed E-state index contributed by atoms with van der Waals surface area (Å²) in [5.41, 5.74) is 2.43. The average Bonchev–Trinajstić information content (AvgIpc) is 3.11. The van der Waals surface area contributed by atoms with Gasteiger partial charge < -0.3 is 9.88 Å². The number of hydrogen-bond donors (Lipinski definition) is 1. The number of para-hydroxylation sites is 1. The van der Waals surface area contributed by atoms with E-state index >= 15 is 0 Å². The molecule has 1 N–H and O–H groups in total. The molecular formula is C19H22N4O. The highest BCUT2D eigenvalue weighted by Crippen LogP contribution is 2.47. The fourth-order valence-corrected chi connectivity index (χ4v) is 3.41. The standard InChI is InChI=1S/C19H22N4O/c1-22-13-15(12-21-22)16-11-17(16)19(24)20-8-4-9-23-10-7-14-5-2-3-6-18(14)23/h2-3,5-7,10,12-13,16-17H,4,8-9,11H2,1H3,(H,20,24)/t16-,17-/m0/s1. The van der Waals surface area contributed by atoms with E-state index < -0.39 is 0 Å². The maximum atomic E-state index is 12.2. The predicted octanol–water partition coefficient (Wildman–Crippen LogP) is 2.68. The molecule has 5 nitrogen and oxygen atoms in total. The van der Waals surface area contributed by atoms with Crippen molar-refractivity contribution in [2.75, 3.05) is 6.54 Å². The van der Waals surface area contributed by atoms with E-state index in [4.69, 9.17) is 0 Å². The van der Waals surface area contributed by atoms with Crippen LogP contribution in [0.1, 0.15) is 24.3 Å². The van der Waals surface area contributed by atoms with Gasteiger partial charge in [0, 0.05) is 44.0 Å². The van der Waals surface area contributed by atoms with Crippen molar-refractivity contribution in [3.63, 3.8) is 0 Å². The second-order valence-corrected chi connectivity index (χ2v) is 6.61. The van der Waals surface area contributed by atoms with Gasteiger partial charge in [0.15, 0.2) is 0 Å². The molecule has 0 spiro atoms. The van der Waals surface area contributed by atoms with E-state index in [1.54, 1.807) is 4.68 Å². The van der Waals surface area contributed by atoms with Crippen LogP contribution in [0.3, 0.4) is 0 Å². The van der Waals surface area contributed by atoms with Crippen LogP contribution >= 0.6 is 0 Å². The van der Waals surface area contributed by atoms with Gasteiger partial charge in [-0.2, -0.15) is 5.10 Å². The highest BCUT2D eigenvalue weighted by atomic mass is 16.2. The Hall–Kier alpha value is -2.56. The van der Waals surface area contributed by atoms with Gasteiger partial charge in [-0.15, -0.1) is 0 Å². The lowest BCUT2D eigenvalue weighted by Gasteiger charge is -2.07. The van der Waals surface area contributed by atoms with Crippen molar-refractivity contribution in [2.45, 2.75) is 25.3 Å².